The number of amides is 2. The normalized spacial score (nSPS) is 13.2. The first-order valence-electron chi connectivity index (χ1n) is 9.46. The molecule has 152 valence electrons. The first-order chi connectivity index (χ1) is 14.9. The Morgan fingerprint density at radius 1 is 1.00 bits per heavy atom. The Kier molecular flexibility index (Phi) is 3.94. The van der Waals surface area contributed by atoms with Crippen LogP contribution in [-0.2, 0) is 0 Å². The van der Waals surface area contributed by atoms with E-state index in [2.05, 4.69) is 10.1 Å². The van der Waals surface area contributed by atoms with E-state index in [1.165, 1.54) is 24.4 Å². The minimum Gasteiger partial charge on any atom is -0.268 e. The molecule has 0 spiro atoms. The zero-order valence-corrected chi connectivity index (χ0v) is 16.6. The number of hydrogen-bond donors (Lipinski definition) is 0. The van der Waals surface area contributed by atoms with Crippen molar-refractivity contribution >= 4 is 34.2 Å². The summed E-state index contributed by atoms with van der Waals surface area (Å²) in [6.07, 6.45) is 1.33. The van der Waals surface area contributed by atoms with Crippen LogP contribution >= 0.6 is 0 Å². The molecule has 4 aromatic rings. The minimum atomic E-state index is -0.647. The Labute approximate surface area is 175 Å². The van der Waals surface area contributed by atoms with Crippen LogP contribution in [0.25, 0.3) is 16.7 Å². The molecule has 1 aliphatic heterocycles. The van der Waals surface area contributed by atoms with E-state index in [1.807, 2.05) is 31.2 Å². The molecule has 2 aromatic heterocycles. The standard InChI is InChI=1S/C22H15N5O4/c1-12-6-5-7-14(10-12)26-20-18(13(2)24-26)19-15(11-23-20)21(28)25(22(19)29)16-8-3-4-9-17(16)27(30)31/h3-11H,1-2H3. The number of benzene rings is 2. The molecule has 0 unspecified atom stereocenters. The molecule has 0 saturated heterocycles. The maximum Gasteiger partial charge on any atom is 0.293 e. The van der Waals surface area contributed by atoms with Crippen molar-refractivity contribution < 1.29 is 14.5 Å². The van der Waals surface area contributed by atoms with Gasteiger partial charge in [0.1, 0.15) is 5.69 Å². The van der Waals surface area contributed by atoms with E-state index in [0.29, 0.717) is 16.7 Å². The van der Waals surface area contributed by atoms with E-state index in [1.54, 1.807) is 17.7 Å². The Bertz CT molecular complexity index is 1440. The van der Waals surface area contributed by atoms with Gasteiger partial charge in [0, 0.05) is 12.3 Å². The van der Waals surface area contributed by atoms with Gasteiger partial charge in [-0.2, -0.15) is 5.10 Å². The Morgan fingerprint density at radius 3 is 2.52 bits per heavy atom. The summed E-state index contributed by atoms with van der Waals surface area (Å²) in [5, 5.41) is 16.5. The lowest BCUT2D eigenvalue weighted by molar-refractivity contribution is -0.384. The summed E-state index contributed by atoms with van der Waals surface area (Å²) in [4.78, 5) is 42.5. The van der Waals surface area contributed by atoms with Crippen LogP contribution in [0.2, 0.25) is 0 Å². The second-order valence-electron chi connectivity index (χ2n) is 7.27. The van der Waals surface area contributed by atoms with Crippen molar-refractivity contribution in [2.24, 2.45) is 0 Å². The van der Waals surface area contributed by atoms with Crippen molar-refractivity contribution in [2.45, 2.75) is 13.8 Å². The number of imide groups is 1. The van der Waals surface area contributed by atoms with Crippen molar-refractivity contribution in [3.05, 3.63) is 87.2 Å². The fourth-order valence-electron chi connectivity index (χ4n) is 3.93. The molecular formula is C22H15N5O4. The van der Waals surface area contributed by atoms with Gasteiger partial charge < -0.3 is 0 Å². The number of fused-ring (bicyclic) bond motifs is 3. The predicted molar refractivity (Wildman–Crippen MR) is 113 cm³/mol. The first-order valence-corrected chi connectivity index (χ1v) is 9.46. The molecule has 2 aromatic carbocycles. The summed E-state index contributed by atoms with van der Waals surface area (Å²) in [5.74, 6) is -1.28. The molecule has 0 atom stereocenters. The Balaban J connectivity index is 1.73. The average molecular weight is 413 g/mol. The number of aromatic nitrogens is 3. The maximum atomic E-state index is 13.4. The zero-order valence-electron chi connectivity index (χ0n) is 16.6. The van der Waals surface area contributed by atoms with Crippen LogP contribution in [0.1, 0.15) is 32.0 Å². The van der Waals surface area contributed by atoms with Gasteiger partial charge in [0.2, 0.25) is 0 Å². The van der Waals surface area contributed by atoms with E-state index in [9.17, 15) is 19.7 Å². The van der Waals surface area contributed by atoms with E-state index in [4.69, 9.17) is 0 Å². The number of rotatable bonds is 3. The molecule has 0 radical (unpaired) electrons. The number of anilines is 1. The van der Waals surface area contributed by atoms with Crippen molar-refractivity contribution in [3.8, 4) is 5.69 Å². The average Bonchev–Trinajstić information content (AvgIpc) is 3.22. The fraction of sp³-hybridized carbons (Fsp3) is 0.0909. The Hall–Kier alpha value is -4.40. The molecule has 9 nitrogen and oxygen atoms in total. The number of nitrogens with zero attached hydrogens (tertiary/aromatic N) is 5. The van der Waals surface area contributed by atoms with Crippen molar-refractivity contribution in [1.82, 2.24) is 14.8 Å². The van der Waals surface area contributed by atoms with Crippen LogP contribution in [0.5, 0.6) is 0 Å². The van der Waals surface area contributed by atoms with Gasteiger partial charge in [-0.15, -0.1) is 0 Å². The van der Waals surface area contributed by atoms with Crippen LogP contribution < -0.4 is 4.90 Å². The van der Waals surface area contributed by atoms with E-state index < -0.39 is 16.7 Å². The van der Waals surface area contributed by atoms with E-state index >= 15 is 0 Å². The SMILES string of the molecule is Cc1cccc(-n2nc(C)c3c4c(cnc32)C(=O)N(c2ccccc2[N+](=O)[O-])C4=O)c1. The Morgan fingerprint density at radius 2 is 1.77 bits per heavy atom. The van der Waals surface area contributed by atoms with Gasteiger partial charge in [-0.3, -0.25) is 19.7 Å². The number of pyridine rings is 1. The summed E-state index contributed by atoms with van der Waals surface area (Å²) >= 11 is 0. The van der Waals surface area contributed by atoms with Crippen molar-refractivity contribution in [2.75, 3.05) is 4.90 Å². The van der Waals surface area contributed by atoms with Crippen molar-refractivity contribution in [3.63, 3.8) is 0 Å². The summed E-state index contributed by atoms with van der Waals surface area (Å²) in [6, 6.07) is 13.3. The van der Waals surface area contributed by atoms with Gasteiger partial charge in [0.15, 0.2) is 5.65 Å². The number of nitro groups is 1. The lowest BCUT2D eigenvalue weighted by Gasteiger charge is -2.13. The third-order valence-corrected chi connectivity index (χ3v) is 5.29. The fourth-order valence-corrected chi connectivity index (χ4v) is 3.93. The summed E-state index contributed by atoms with van der Waals surface area (Å²) in [7, 11) is 0. The zero-order chi connectivity index (χ0) is 21.9. The van der Waals surface area contributed by atoms with Gasteiger partial charge >= 0.3 is 0 Å². The van der Waals surface area contributed by atoms with Crippen LogP contribution in [0.3, 0.4) is 0 Å². The summed E-state index contributed by atoms with van der Waals surface area (Å²) < 4.78 is 1.63. The highest BCUT2D eigenvalue weighted by Crippen LogP contribution is 2.37. The number of nitro benzene ring substituents is 1. The number of carbonyl (C=O) groups is 2. The summed E-state index contributed by atoms with van der Waals surface area (Å²) in [6.45, 7) is 3.70. The van der Waals surface area contributed by atoms with Crippen LogP contribution in [0.15, 0.2) is 54.7 Å². The number of carbonyl (C=O) groups excluding carboxylic acids is 2. The summed E-state index contributed by atoms with van der Waals surface area (Å²) in [5.41, 5.74) is 2.64. The maximum absolute atomic E-state index is 13.4. The monoisotopic (exact) mass is 413 g/mol. The molecule has 3 heterocycles. The molecule has 5 rings (SSSR count). The highest BCUT2D eigenvalue weighted by molar-refractivity contribution is 6.38. The molecule has 0 fully saturated rings. The third-order valence-electron chi connectivity index (χ3n) is 5.29. The molecule has 2 amide bonds. The quantitative estimate of drug-likeness (QED) is 0.287. The van der Waals surface area contributed by atoms with Gasteiger partial charge in [0.05, 0.1) is 32.8 Å². The lowest BCUT2D eigenvalue weighted by atomic mass is 10.1. The molecule has 9 heteroatoms. The molecule has 0 aliphatic carbocycles. The number of aryl methyl sites for hydroxylation is 2. The molecule has 0 bridgehead atoms. The predicted octanol–water partition coefficient (Wildman–Crippen LogP) is 3.75. The lowest BCUT2D eigenvalue weighted by Crippen LogP contribution is -2.30. The molecule has 0 saturated carbocycles. The highest BCUT2D eigenvalue weighted by Gasteiger charge is 2.42. The molecule has 1 aliphatic rings. The second-order valence-corrected chi connectivity index (χ2v) is 7.27. The highest BCUT2D eigenvalue weighted by atomic mass is 16.6. The van der Waals surface area contributed by atoms with Gasteiger partial charge in [-0.25, -0.2) is 14.6 Å². The van der Waals surface area contributed by atoms with Gasteiger partial charge in [-0.1, -0.05) is 24.3 Å². The molecular weight excluding hydrogens is 398 g/mol. The first kappa shape index (κ1) is 18.6. The van der Waals surface area contributed by atoms with E-state index in [0.717, 1.165) is 16.2 Å². The van der Waals surface area contributed by atoms with Gasteiger partial charge in [-0.05, 0) is 37.6 Å². The second kappa shape index (κ2) is 6.56. The van der Waals surface area contributed by atoms with Crippen LogP contribution in [0.4, 0.5) is 11.4 Å². The molecule has 31 heavy (non-hydrogen) atoms. The van der Waals surface area contributed by atoms with Gasteiger partial charge in [0.25, 0.3) is 17.5 Å². The molecule has 0 N–H and O–H groups in total. The smallest absolute Gasteiger partial charge is 0.268 e. The topological polar surface area (TPSA) is 111 Å². The number of para-hydroxylation sites is 2. The minimum absolute atomic E-state index is 0.0735. The van der Waals surface area contributed by atoms with Crippen molar-refractivity contribution in [1.29, 1.82) is 0 Å². The third kappa shape index (κ3) is 2.63. The number of hydrogen-bond acceptors (Lipinski definition) is 6. The largest absolute Gasteiger partial charge is 0.293 e. The van der Waals surface area contributed by atoms with E-state index in [-0.39, 0.29) is 22.5 Å². The van der Waals surface area contributed by atoms with Crippen LogP contribution in [-0.4, -0.2) is 31.5 Å². The van der Waals surface area contributed by atoms with Crippen LogP contribution in [0, 0.1) is 24.0 Å².